The minimum absolute atomic E-state index is 0.135. The van der Waals surface area contributed by atoms with Gasteiger partial charge in [0.1, 0.15) is 35.8 Å². The lowest BCUT2D eigenvalue weighted by Gasteiger charge is -2.49. The Morgan fingerprint density at radius 1 is 1.14 bits per heavy atom. The summed E-state index contributed by atoms with van der Waals surface area (Å²) in [4.78, 5) is 12.9. The number of aliphatic hydroxyl groups is 4. The SMILES string of the molecule is CN[C@@H]1[C@@H](O)[C@@H](O[C@@H]2[C@@H](O)[C@H](O[C@H]3OC(CNCCCN)=CC[C@H]3N)[C@@H](N)C[C@H]2NC(=O)CC2(O)CNC2)OC[C@]1(C)O. The number of carbonyl (C=O) groups excluding carboxylic acids is 1. The van der Waals surface area contributed by atoms with Crippen LogP contribution in [0.5, 0.6) is 0 Å². The summed E-state index contributed by atoms with van der Waals surface area (Å²) >= 11 is 0. The minimum Gasteiger partial charge on any atom is -0.467 e. The molecule has 14 N–H and O–H groups in total. The van der Waals surface area contributed by atoms with Gasteiger partial charge in [-0.25, -0.2) is 0 Å². The summed E-state index contributed by atoms with van der Waals surface area (Å²) in [7, 11) is 1.59. The highest BCUT2D eigenvalue weighted by molar-refractivity contribution is 5.77. The third-order valence-corrected chi connectivity index (χ3v) is 8.58. The van der Waals surface area contributed by atoms with Crippen molar-refractivity contribution >= 4 is 5.91 Å². The molecule has 0 aromatic rings. The van der Waals surface area contributed by atoms with Crippen LogP contribution in [0.2, 0.25) is 0 Å². The van der Waals surface area contributed by atoms with Crippen molar-refractivity contribution in [1.82, 2.24) is 21.3 Å². The molecule has 43 heavy (non-hydrogen) atoms. The lowest BCUT2D eigenvalue weighted by Crippen LogP contribution is -2.69. The highest BCUT2D eigenvalue weighted by atomic mass is 16.7. The predicted molar refractivity (Wildman–Crippen MR) is 154 cm³/mol. The molecule has 0 aromatic carbocycles. The molecule has 3 fully saturated rings. The number of amides is 1. The van der Waals surface area contributed by atoms with E-state index in [2.05, 4.69) is 21.3 Å². The van der Waals surface area contributed by atoms with Crippen molar-refractivity contribution in [3.8, 4) is 0 Å². The van der Waals surface area contributed by atoms with Gasteiger partial charge in [0.25, 0.3) is 0 Å². The number of rotatable bonds is 13. The smallest absolute Gasteiger partial charge is 0.223 e. The van der Waals surface area contributed by atoms with E-state index in [1.807, 2.05) is 6.08 Å². The van der Waals surface area contributed by atoms with Crippen molar-refractivity contribution < 1.29 is 44.2 Å². The van der Waals surface area contributed by atoms with E-state index in [0.717, 1.165) is 13.0 Å². The number of aliphatic hydroxyl groups excluding tert-OH is 2. The van der Waals surface area contributed by atoms with Gasteiger partial charge in [-0.2, -0.15) is 0 Å². The molecular formula is C27H51N7O9. The van der Waals surface area contributed by atoms with Gasteiger partial charge in [-0.3, -0.25) is 4.79 Å². The van der Waals surface area contributed by atoms with Crippen LogP contribution in [0.25, 0.3) is 0 Å². The van der Waals surface area contributed by atoms with Gasteiger partial charge in [-0.15, -0.1) is 0 Å². The van der Waals surface area contributed by atoms with Crippen molar-refractivity contribution in [3.05, 3.63) is 11.8 Å². The van der Waals surface area contributed by atoms with Crippen LogP contribution in [0, 0.1) is 0 Å². The molecule has 2 saturated heterocycles. The molecule has 1 amide bonds. The van der Waals surface area contributed by atoms with Gasteiger partial charge in [0.2, 0.25) is 12.2 Å². The van der Waals surface area contributed by atoms with Crippen molar-refractivity contribution in [3.63, 3.8) is 0 Å². The summed E-state index contributed by atoms with van der Waals surface area (Å²) < 4.78 is 24.0. The maximum atomic E-state index is 12.9. The van der Waals surface area contributed by atoms with Crippen LogP contribution in [0.4, 0.5) is 0 Å². The standard InChI is InChI=1S/C27H51N7O9/c1-26(38)13-40-25(20(37)23(26)31-2)43-22-17(34-18(35)9-27(39)11-33-12-27)8-16(30)21(19(22)36)42-24-15(29)5-4-14(41-24)10-32-7-3-6-28/h4,15-17,19-25,31-33,36-39H,3,5-13,28-30H2,1-2H3,(H,34,35)/t15-,16+,17-,19+,20-,21-,22+,23-,24-,25-,26+/m1/s1. The maximum Gasteiger partial charge on any atom is 0.223 e. The van der Waals surface area contributed by atoms with E-state index < -0.39 is 78.3 Å². The highest BCUT2D eigenvalue weighted by Gasteiger charge is 2.52. The summed E-state index contributed by atoms with van der Waals surface area (Å²) in [6.45, 7) is 3.70. The zero-order valence-electron chi connectivity index (χ0n) is 25.0. The molecule has 0 unspecified atom stereocenters. The number of likely N-dealkylation sites (N-methyl/N-ethyl adjacent to an activating group) is 1. The Balaban J connectivity index is 1.48. The largest absolute Gasteiger partial charge is 0.467 e. The van der Waals surface area contributed by atoms with Crippen LogP contribution in [0.3, 0.4) is 0 Å². The molecular weight excluding hydrogens is 566 g/mol. The zero-order valence-corrected chi connectivity index (χ0v) is 25.0. The molecule has 1 saturated carbocycles. The second kappa shape index (κ2) is 14.7. The number of carbonyl (C=O) groups is 1. The van der Waals surface area contributed by atoms with Crippen molar-refractivity contribution in [1.29, 1.82) is 0 Å². The van der Waals surface area contributed by atoms with E-state index in [-0.39, 0.29) is 32.5 Å². The summed E-state index contributed by atoms with van der Waals surface area (Å²) in [6.07, 6.45) is -3.86. The normalized spacial score (nSPS) is 41.1. The first-order valence-electron chi connectivity index (χ1n) is 15.1. The van der Waals surface area contributed by atoms with E-state index in [4.69, 9.17) is 36.1 Å². The molecule has 0 spiro atoms. The molecule has 0 bridgehead atoms. The quantitative estimate of drug-likeness (QED) is 0.0865. The van der Waals surface area contributed by atoms with Crippen LogP contribution in [0.1, 0.15) is 32.6 Å². The van der Waals surface area contributed by atoms with E-state index in [1.165, 1.54) is 6.92 Å². The maximum absolute atomic E-state index is 12.9. The number of ether oxygens (including phenoxy) is 4. The summed E-state index contributed by atoms with van der Waals surface area (Å²) in [5.74, 6) is 0.199. The number of nitrogens with one attached hydrogen (secondary N) is 4. The topological polar surface area (TPSA) is 261 Å². The molecule has 11 atom stereocenters. The molecule has 0 aromatic heterocycles. The fourth-order valence-electron chi connectivity index (χ4n) is 6.05. The first-order valence-corrected chi connectivity index (χ1v) is 15.1. The Hall–Kier alpha value is -1.51. The number of hydrogen-bond donors (Lipinski definition) is 11. The Morgan fingerprint density at radius 3 is 2.51 bits per heavy atom. The molecule has 3 aliphatic heterocycles. The van der Waals surface area contributed by atoms with E-state index in [9.17, 15) is 25.2 Å². The monoisotopic (exact) mass is 617 g/mol. The number of β-amino-alcohol motifs (C(OH)–C–C–N with tert-alkyl or cyclic N) is 1. The van der Waals surface area contributed by atoms with Gasteiger partial charge in [0, 0.05) is 19.1 Å². The van der Waals surface area contributed by atoms with Gasteiger partial charge < -0.3 is 77.8 Å². The van der Waals surface area contributed by atoms with Gasteiger partial charge in [0.05, 0.1) is 43.3 Å². The molecule has 3 heterocycles. The third kappa shape index (κ3) is 8.40. The van der Waals surface area contributed by atoms with Gasteiger partial charge in [-0.05, 0) is 52.4 Å². The van der Waals surface area contributed by atoms with E-state index in [0.29, 0.717) is 25.3 Å². The van der Waals surface area contributed by atoms with Crippen molar-refractivity contribution in [2.75, 3.05) is 46.4 Å². The van der Waals surface area contributed by atoms with Gasteiger partial charge in [0.15, 0.2) is 6.29 Å². The van der Waals surface area contributed by atoms with E-state index >= 15 is 0 Å². The van der Waals surface area contributed by atoms with Crippen LogP contribution in [-0.2, 0) is 23.7 Å². The average Bonchev–Trinajstić information content (AvgIpc) is 2.93. The summed E-state index contributed by atoms with van der Waals surface area (Å²) in [5, 5.41) is 55.6. The Kier molecular flexibility index (Phi) is 11.8. The van der Waals surface area contributed by atoms with Gasteiger partial charge in [-0.1, -0.05) is 0 Å². The zero-order chi connectivity index (χ0) is 31.4. The summed E-state index contributed by atoms with van der Waals surface area (Å²) in [5.41, 5.74) is 15.8. The van der Waals surface area contributed by atoms with Crippen LogP contribution in [0.15, 0.2) is 11.8 Å². The molecule has 16 nitrogen and oxygen atoms in total. The fourth-order valence-corrected chi connectivity index (χ4v) is 6.05. The molecule has 0 radical (unpaired) electrons. The summed E-state index contributed by atoms with van der Waals surface area (Å²) in [6, 6.07) is -2.90. The average molecular weight is 618 g/mol. The first-order chi connectivity index (χ1) is 20.4. The lowest BCUT2D eigenvalue weighted by atomic mass is 9.83. The first kappa shape index (κ1) is 34.4. The Morgan fingerprint density at radius 2 is 1.86 bits per heavy atom. The molecule has 248 valence electrons. The van der Waals surface area contributed by atoms with Crippen LogP contribution in [-0.4, -0.2) is 145 Å². The van der Waals surface area contributed by atoms with E-state index in [1.54, 1.807) is 7.05 Å². The molecule has 1 aliphatic carbocycles. The van der Waals surface area contributed by atoms with Crippen LogP contribution < -0.4 is 38.5 Å². The lowest BCUT2D eigenvalue weighted by molar-refractivity contribution is -0.304. The number of hydrogen-bond acceptors (Lipinski definition) is 15. The predicted octanol–water partition coefficient (Wildman–Crippen LogP) is -4.99. The fraction of sp³-hybridized carbons (Fsp3) is 0.889. The van der Waals surface area contributed by atoms with Crippen molar-refractivity contribution in [2.45, 2.75) is 105 Å². The Labute approximate surface area is 252 Å². The second-order valence-electron chi connectivity index (χ2n) is 12.4. The Bertz CT molecular complexity index is 956. The molecule has 16 heteroatoms. The minimum atomic E-state index is -1.40. The van der Waals surface area contributed by atoms with Crippen LogP contribution >= 0.6 is 0 Å². The second-order valence-corrected chi connectivity index (χ2v) is 12.4. The molecule has 4 aliphatic rings. The number of nitrogens with two attached hydrogens (primary N) is 3. The third-order valence-electron chi connectivity index (χ3n) is 8.58. The highest BCUT2D eigenvalue weighted by Crippen LogP contribution is 2.32. The van der Waals surface area contributed by atoms with Crippen molar-refractivity contribution in [2.24, 2.45) is 17.2 Å². The molecule has 4 rings (SSSR count). The van der Waals surface area contributed by atoms with Gasteiger partial charge >= 0.3 is 0 Å².